The molecule has 0 aromatic rings. The molecule has 12 heavy (non-hydrogen) atoms. The highest BCUT2D eigenvalue weighted by Gasteiger charge is 2.12. The summed E-state index contributed by atoms with van der Waals surface area (Å²) >= 11 is 0. The van der Waals surface area contributed by atoms with Crippen LogP contribution in [0.5, 0.6) is 0 Å². The van der Waals surface area contributed by atoms with Crippen LogP contribution in [0.4, 0.5) is 0 Å². The Labute approximate surface area is 74.9 Å². The van der Waals surface area contributed by atoms with E-state index in [-0.39, 0.29) is 0 Å². The summed E-state index contributed by atoms with van der Waals surface area (Å²) in [6.45, 7) is 4.26. The molecule has 0 bridgehead atoms. The van der Waals surface area contributed by atoms with Crippen molar-refractivity contribution < 1.29 is 4.79 Å². The van der Waals surface area contributed by atoms with Gasteiger partial charge in [0, 0.05) is 6.42 Å². The van der Waals surface area contributed by atoms with E-state index in [2.05, 4.69) is 19.9 Å². The molecule has 1 fully saturated rings. The van der Waals surface area contributed by atoms with Crippen LogP contribution in [0.2, 0.25) is 0 Å². The highest BCUT2D eigenvalue weighted by molar-refractivity contribution is 5.95. The van der Waals surface area contributed by atoms with E-state index in [1.807, 2.05) is 0 Å². The largest absolute Gasteiger partial charge is 0.295 e. The van der Waals surface area contributed by atoms with Gasteiger partial charge in [-0.25, -0.2) is 0 Å². The van der Waals surface area contributed by atoms with Crippen LogP contribution in [-0.4, -0.2) is 5.78 Å². The fourth-order valence-corrected chi connectivity index (χ4v) is 1.66. The fraction of sp³-hybridized carbons (Fsp3) is 0.727. The zero-order valence-electron chi connectivity index (χ0n) is 8.10. The summed E-state index contributed by atoms with van der Waals surface area (Å²) in [5, 5.41) is 0. The number of Topliss-reactive ketones (excluding diaryl/α,β-unsaturated/α-hetero) is 1. The minimum absolute atomic E-state index is 0.390. The number of carbonyl (C=O) groups excluding carboxylic acids is 1. The van der Waals surface area contributed by atoms with Crippen molar-refractivity contribution in [2.45, 2.75) is 46.0 Å². The summed E-state index contributed by atoms with van der Waals surface area (Å²) in [5.74, 6) is 0.906. The van der Waals surface area contributed by atoms with E-state index in [0.717, 1.165) is 24.8 Å². The lowest BCUT2D eigenvalue weighted by atomic mass is 10.0. The maximum Gasteiger partial charge on any atom is 0.158 e. The van der Waals surface area contributed by atoms with E-state index in [1.54, 1.807) is 0 Å². The lowest BCUT2D eigenvalue weighted by molar-refractivity contribution is -0.115. The Morgan fingerprint density at radius 3 is 2.50 bits per heavy atom. The van der Waals surface area contributed by atoms with Gasteiger partial charge in [0.25, 0.3) is 0 Å². The first-order valence-corrected chi connectivity index (χ1v) is 4.94. The van der Waals surface area contributed by atoms with Crippen molar-refractivity contribution in [1.82, 2.24) is 0 Å². The van der Waals surface area contributed by atoms with E-state index in [1.165, 1.54) is 12.8 Å². The summed E-state index contributed by atoms with van der Waals surface area (Å²) in [6, 6.07) is 0. The Morgan fingerprint density at radius 2 is 1.83 bits per heavy atom. The molecule has 0 N–H and O–H groups in total. The maximum absolute atomic E-state index is 11.5. The van der Waals surface area contributed by atoms with E-state index < -0.39 is 0 Å². The van der Waals surface area contributed by atoms with Gasteiger partial charge in [-0.15, -0.1) is 0 Å². The third kappa shape index (κ3) is 2.80. The average molecular weight is 166 g/mol. The SMILES string of the molecule is CC(C)C=C1CCCCCC1=O. The van der Waals surface area contributed by atoms with E-state index in [9.17, 15) is 4.79 Å². The molecule has 0 saturated heterocycles. The third-order valence-corrected chi connectivity index (χ3v) is 2.24. The van der Waals surface area contributed by atoms with Gasteiger partial charge in [0.15, 0.2) is 5.78 Å². The van der Waals surface area contributed by atoms with Crippen LogP contribution >= 0.6 is 0 Å². The lowest BCUT2D eigenvalue weighted by Gasteiger charge is -2.03. The monoisotopic (exact) mass is 166 g/mol. The van der Waals surface area contributed by atoms with Crippen LogP contribution in [0.1, 0.15) is 46.0 Å². The molecule has 0 aromatic carbocycles. The molecule has 0 radical (unpaired) electrons. The first-order chi connectivity index (χ1) is 5.70. The van der Waals surface area contributed by atoms with Crippen molar-refractivity contribution >= 4 is 5.78 Å². The van der Waals surface area contributed by atoms with Crippen molar-refractivity contribution in [2.75, 3.05) is 0 Å². The summed E-state index contributed by atoms with van der Waals surface area (Å²) in [7, 11) is 0. The minimum Gasteiger partial charge on any atom is -0.295 e. The van der Waals surface area contributed by atoms with Crippen LogP contribution in [0.15, 0.2) is 11.6 Å². The van der Waals surface area contributed by atoms with Gasteiger partial charge in [-0.3, -0.25) is 4.79 Å². The van der Waals surface area contributed by atoms with Crippen molar-refractivity contribution in [3.8, 4) is 0 Å². The Kier molecular flexibility index (Phi) is 3.51. The number of allylic oxidation sites excluding steroid dienone is 2. The van der Waals surface area contributed by atoms with Gasteiger partial charge >= 0.3 is 0 Å². The Balaban J connectivity index is 2.65. The van der Waals surface area contributed by atoms with Crippen LogP contribution in [0.25, 0.3) is 0 Å². The Morgan fingerprint density at radius 1 is 1.17 bits per heavy atom. The van der Waals surface area contributed by atoms with E-state index in [0.29, 0.717) is 11.7 Å². The van der Waals surface area contributed by atoms with Crippen molar-refractivity contribution in [1.29, 1.82) is 0 Å². The molecule has 1 rings (SSSR count). The zero-order chi connectivity index (χ0) is 8.97. The smallest absolute Gasteiger partial charge is 0.158 e. The Hall–Kier alpha value is -0.590. The summed E-state index contributed by atoms with van der Waals surface area (Å²) in [6.07, 6.45) is 7.43. The van der Waals surface area contributed by atoms with Gasteiger partial charge in [0.2, 0.25) is 0 Å². The van der Waals surface area contributed by atoms with Gasteiger partial charge in [-0.05, 0) is 30.8 Å². The minimum atomic E-state index is 0.390. The molecule has 0 atom stereocenters. The molecule has 0 unspecified atom stereocenters. The summed E-state index contributed by atoms with van der Waals surface area (Å²) in [4.78, 5) is 11.5. The first-order valence-electron chi connectivity index (χ1n) is 4.94. The molecular formula is C11H18O. The van der Waals surface area contributed by atoms with Crippen LogP contribution in [-0.2, 0) is 4.79 Å². The summed E-state index contributed by atoms with van der Waals surface area (Å²) < 4.78 is 0. The number of hydrogen-bond donors (Lipinski definition) is 0. The standard InChI is InChI=1S/C11H18O/c1-9(2)8-10-6-4-3-5-7-11(10)12/h8-9H,3-7H2,1-2H3. The van der Waals surface area contributed by atoms with Crippen LogP contribution in [0.3, 0.4) is 0 Å². The Bertz CT molecular complexity index is 189. The van der Waals surface area contributed by atoms with Crippen molar-refractivity contribution in [2.24, 2.45) is 5.92 Å². The number of carbonyl (C=O) groups is 1. The predicted molar refractivity (Wildman–Crippen MR) is 51.0 cm³/mol. The third-order valence-electron chi connectivity index (χ3n) is 2.24. The molecule has 0 aliphatic heterocycles. The van der Waals surface area contributed by atoms with E-state index in [4.69, 9.17) is 0 Å². The molecule has 0 spiro atoms. The first kappa shape index (κ1) is 9.50. The molecule has 1 nitrogen and oxygen atoms in total. The quantitative estimate of drug-likeness (QED) is 0.432. The topological polar surface area (TPSA) is 17.1 Å². The molecule has 0 heterocycles. The van der Waals surface area contributed by atoms with Crippen LogP contribution in [0, 0.1) is 5.92 Å². The fourth-order valence-electron chi connectivity index (χ4n) is 1.66. The molecule has 1 aliphatic carbocycles. The second kappa shape index (κ2) is 4.44. The summed E-state index contributed by atoms with van der Waals surface area (Å²) in [5.41, 5.74) is 1.09. The highest BCUT2D eigenvalue weighted by Crippen LogP contribution is 2.20. The molecule has 1 heteroatoms. The average Bonchev–Trinajstić information content (AvgIpc) is 2.16. The number of ketones is 1. The van der Waals surface area contributed by atoms with Gasteiger partial charge in [0.05, 0.1) is 0 Å². The second-order valence-corrected chi connectivity index (χ2v) is 3.92. The van der Waals surface area contributed by atoms with Crippen LogP contribution < -0.4 is 0 Å². The maximum atomic E-state index is 11.5. The molecule has 1 aliphatic rings. The number of rotatable bonds is 1. The van der Waals surface area contributed by atoms with E-state index >= 15 is 0 Å². The normalized spacial score (nSPS) is 23.2. The van der Waals surface area contributed by atoms with Gasteiger partial charge in [-0.2, -0.15) is 0 Å². The number of hydrogen-bond acceptors (Lipinski definition) is 1. The van der Waals surface area contributed by atoms with Crippen molar-refractivity contribution in [3.05, 3.63) is 11.6 Å². The highest BCUT2D eigenvalue weighted by atomic mass is 16.1. The predicted octanol–water partition coefficient (Wildman–Crippen LogP) is 3.10. The van der Waals surface area contributed by atoms with Crippen molar-refractivity contribution in [3.63, 3.8) is 0 Å². The van der Waals surface area contributed by atoms with Gasteiger partial charge < -0.3 is 0 Å². The molecular weight excluding hydrogens is 148 g/mol. The lowest BCUT2D eigenvalue weighted by Crippen LogP contribution is -2.00. The zero-order valence-corrected chi connectivity index (χ0v) is 8.10. The molecule has 68 valence electrons. The molecule has 0 aromatic heterocycles. The molecule has 0 amide bonds. The van der Waals surface area contributed by atoms with Gasteiger partial charge in [-0.1, -0.05) is 26.3 Å². The molecule has 1 saturated carbocycles. The van der Waals surface area contributed by atoms with Gasteiger partial charge in [0.1, 0.15) is 0 Å². The second-order valence-electron chi connectivity index (χ2n) is 3.92.